The van der Waals surface area contributed by atoms with Crippen molar-refractivity contribution in [3.05, 3.63) is 18.2 Å². The summed E-state index contributed by atoms with van der Waals surface area (Å²) in [4.78, 5) is 14.5. The lowest BCUT2D eigenvalue weighted by Gasteiger charge is -2.30. The molecule has 7 heteroatoms. The van der Waals surface area contributed by atoms with Gasteiger partial charge in [0.15, 0.2) is 0 Å². The Morgan fingerprint density at radius 2 is 2.04 bits per heavy atom. The number of nitrogens with one attached hydrogen (secondary N) is 3. The van der Waals surface area contributed by atoms with Gasteiger partial charge in [-0.25, -0.2) is 4.79 Å². The van der Waals surface area contributed by atoms with Crippen LogP contribution in [0.5, 0.6) is 5.75 Å². The van der Waals surface area contributed by atoms with Crippen molar-refractivity contribution in [1.29, 1.82) is 0 Å². The molecule has 1 aromatic rings. The third kappa shape index (κ3) is 6.43. The summed E-state index contributed by atoms with van der Waals surface area (Å²) in [5.74, 6) is 0.675. The number of benzene rings is 1. The first-order valence-electron chi connectivity index (χ1n) is 8.91. The zero-order valence-electron chi connectivity index (χ0n) is 15.5. The molecule has 7 nitrogen and oxygen atoms in total. The van der Waals surface area contributed by atoms with Crippen molar-refractivity contribution in [3.63, 3.8) is 0 Å². The molecule has 1 aliphatic heterocycles. The Bertz CT molecular complexity index is 565. The van der Waals surface area contributed by atoms with Crippen molar-refractivity contribution in [2.24, 2.45) is 5.73 Å². The molecule has 2 rings (SSSR count). The van der Waals surface area contributed by atoms with E-state index in [-0.39, 0.29) is 11.6 Å². The molecule has 0 atom stereocenters. The zero-order valence-corrected chi connectivity index (χ0v) is 15.5. The van der Waals surface area contributed by atoms with Gasteiger partial charge in [0.25, 0.3) is 0 Å². The minimum Gasteiger partial charge on any atom is -0.491 e. The molecular weight excluding hydrogens is 318 g/mol. The van der Waals surface area contributed by atoms with Crippen molar-refractivity contribution >= 4 is 17.4 Å². The van der Waals surface area contributed by atoms with Crippen LogP contribution >= 0.6 is 0 Å². The molecule has 1 fully saturated rings. The second kappa shape index (κ2) is 8.92. The van der Waals surface area contributed by atoms with Crippen LogP contribution in [0.3, 0.4) is 0 Å². The largest absolute Gasteiger partial charge is 0.491 e. The first kappa shape index (κ1) is 19.3. The van der Waals surface area contributed by atoms with E-state index >= 15 is 0 Å². The van der Waals surface area contributed by atoms with Crippen molar-refractivity contribution in [2.75, 3.05) is 49.5 Å². The summed E-state index contributed by atoms with van der Waals surface area (Å²) in [5.41, 5.74) is 7.02. The lowest BCUT2D eigenvalue weighted by atomic mass is 10.1. The topological polar surface area (TPSA) is 91.7 Å². The van der Waals surface area contributed by atoms with E-state index in [1.807, 2.05) is 39.0 Å². The Labute approximate surface area is 150 Å². The maximum atomic E-state index is 12.2. The van der Waals surface area contributed by atoms with Crippen molar-refractivity contribution in [1.82, 2.24) is 10.6 Å². The van der Waals surface area contributed by atoms with Crippen LogP contribution in [0, 0.1) is 0 Å². The quantitative estimate of drug-likeness (QED) is 0.587. The minimum absolute atomic E-state index is 0.244. The van der Waals surface area contributed by atoms with Gasteiger partial charge in [-0.15, -0.1) is 0 Å². The molecule has 2 amide bonds. The average Bonchev–Trinajstić information content (AvgIpc) is 2.55. The molecule has 1 aliphatic rings. The van der Waals surface area contributed by atoms with Gasteiger partial charge in [-0.2, -0.15) is 0 Å². The van der Waals surface area contributed by atoms with Gasteiger partial charge >= 0.3 is 6.03 Å². The predicted octanol–water partition coefficient (Wildman–Crippen LogP) is 1.74. The number of nitrogens with zero attached hydrogens (tertiary/aromatic N) is 1. The first-order valence-corrected chi connectivity index (χ1v) is 8.91. The van der Waals surface area contributed by atoms with Crippen LogP contribution in [-0.4, -0.2) is 50.9 Å². The maximum absolute atomic E-state index is 12.2. The Hall–Kier alpha value is -1.99. The maximum Gasteiger partial charge on any atom is 0.319 e. The molecule has 1 saturated heterocycles. The number of anilines is 2. The SMILES string of the molecule is CC(C)(C)NC(=O)Nc1ccc(N2CCNCC2)cc1OCCCN. The number of carbonyl (C=O) groups is 1. The lowest BCUT2D eigenvalue weighted by molar-refractivity contribution is 0.243. The smallest absolute Gasteiger partial charge is 0.319 e. The number of ether oxygens (including phenoxy) is 1. The summed E-state index contributed by atoms with van der Waals surface area (Å²) in [6, 6.07) is 5.67. The Kier molecular flexibility index (Phi) is 6.90. The van der Waals surface area contributed by atoms with E-state index < -0.39 is 0 Å². The summed E-state index contributed by atoms with van der Waals surface area (Å²) >= 11 is 0. The van der Waals surface area contributed by atoms with Gasteiger partial charge in [0, 0.05) is 43.5 Å². The summed E-state index contributed by atoms with van der Waals surface area (Å²) in [5, 5.41) is 9.13. The lowest BCUT2D eigenvalue weighted by Crippen LogP contribution is -2.43. The van der Waals surface area contributed by atoms with Crippen LogP contribution in [0.25, 0.3) is 0 Å². The fourth-order valence-corrected chi connectivity index (χ4v) is 2.61. The monoisotopic (exact) mass is 349 g/mol. The van der Waals surface area contributed by atoms with E-state index in [1.165, 1.54) is 0 Å². The standard InChI is InChI=1S/C18H31N5O2/c1-18(2,3)22-17(24)21-15-6-5-14(23-10-8-20-9-11-23)13-16(15)25-12-4-7-19/h5-6,13,20H,4,7-12,19H2,1-3H3,(H2,21,22,24). The molecule has 140 valence electrons. The number of piperazine rings is 1. The average molecular weight is 349 g/mol. The predicted molar refractivity (Wildman–Crippen MR) is 103 cm³/mol. The third-order valence-corrected chi connectivity index (χ3v) is 3.79. The summed E-state index contributed by atoms with van der Waals surface area (Å²) < 4.78 is 5.88. The first-order chi connectivity index (χ1) is 11.9. The van der Waals surface area contributed by atoms with Gasteiger partial charge < -0.3 is 31.3 Å². The van der Waals surface area contributed by atoms with Crippen molar-refractivity contribution in [2.45, 2.75) is 32.7 Å². The van der Waals surface area contributed by atoms with Gasteiger partial charge in [-0.05, 0) is 45.9 Å². The number of hydrogen-bond donors (Lipinski definition) is 4. The van der Waals surface area contributed by atoms with Crippen LogP contribution in [0.1, 0.15) is 27.2 Å². The summed E-state index contributed by atoms with van der Waals surface area (Å²) in [6.07, 6.45) is 0.769. The molecule has 0 aromatic heterocycles. The third-order valence-electron chi connectivity index (χ3n) is 3.79. The highest BCUT2D eigenvalue weighted by atomic mass is 16.5. The van der Waals surface area contributed by atoms with Gasteiger partial charge in [0.1, 0.15) is 5.75 Å². The van der Waals surface area contributed by atoms with Crippen LogP contribution in [-0.2, 0) is 0 Å². The molecule has 0 aliphatic carbocycles. The molecule has 0 spiro atoms. The second-order valence-corrected chi connectivity index (χ2v) is 7.24. The van der Waals surface area contributed by atoms with Crippen LogP contribution < -0.4 is 31.3 Å². The molecular formula is C18H31N5O2. The molecule has 5 N–H and O–H groups in total. The van der Waals surface area contributed by atoms with E-state index in [2.05, 4.69) is 20.9 Å². The number of urea groups is 1. The number of carbonyl (C=O) groups excluding carboxylic acids is 1. The zero-order chi connectivity index (χ0) is 18.3. The molecule has 1 heterocycles. The molecule has 0 unspecified atom stereocenters. The van der Waals surface area contributed by atoms with Crippen LogP contribution in [0.4, 0.5) is 16.2 Å². The van der Waals surface area contributed by atoms with E-state index in [4.69, 9.17) is 10.5 Å². The van der Waals surface area contributed by atoms with E-state index in [0.29, 0.717) is 24.6 Å². The molecule has 0 bridgehead atoms. The summed E-state index contributed by atoms with van der Waals surface area (Å²) in [6.45, 7) is 10.8. The molecule has 25 heavy (non-hydrogen) atoms. The van der Waals surface area contributed by atoms with Gasteiger partial charge in [-0.1, -0.05) is 0 Å². The highest BCUT2D eigenvalue weighted by Gasteiger charge is 2.17. The Morgan fingerprint density at radius 1 is 1.32 bits per heavy atom. The fraction of sp³-hybridized carbons (Fsp3) is 0.611. The minimum atomic E-state index is -0.300. The number of nitrogens with two attached hydrogens (primary N) is 1. The number of rotatable bonds is 6. The summed E-state index contributed by atoms with van der Waals surface area (Å²) in [7, 11) is 0. The number of amides is 2. The van der Waals surface area contributed by atoms with Crippen LogP contribution in [0.15, 0.2) is 18.2 Å². The Morgan fingerprint density at radius 3 is 2.68 bits per heavy atom. The van der Waals surface area contributed by atoms with Gasteiger partial charge in [0.2, 0.25) is 0 Å². The highest BCUT2D eigenvalue weighted by molar-refractivity contribution is 5.91. The van der Waals surface area contributed by atoms with Crippen LogP contribution in [0.2, 0.25) is 0 Å². The van der Waals surface area contributed by atoms with Gasteiger partial charge in [-0.3, -0.25) is 0 Å². The molecule has 0 radical (unpaired) electrons. The molecule has 0 saturated carbocycles. The van der Waals surface area contributed by atoms with Crippen molar-refractivity contribution in [3.8, 4) is 5.75 Å². The normalized spacial score (nSPS) is 15.0. The Balaban J connectivity index is 2.14. The van der Waals surface area contributed by atoms with E-state index in [9.17, 15) is 4.79 Å². The highest BCUT2D eigenvalue weighted by Crippen LogP contribution is 2.30. The van der Waals surface area contributed by atoms with Gasteiger partial charge in [0.05, 0.1) is 12.3 Å². The fourth-order valence-electron chi connectivity index (χ4n) is 2.61. The number of hydrogen-bond acceptors (Lipinski definition) is 5. The van der Waals surface area contributed by atoms with E-state index in [1.54, 1.807) is 0 Å². The van der Waals surface area contributed by atoms with Crippen molar-refractivity contribution < 1.29 is 9.53 Å². The molecule has 1 aromatic carbocycles. The van der Waals surface area contributed by atoms with E-state index in [0.717, 1.165) is 38.3 Å². The second-order valence-electron chi connectivity index (χ2n) is 7.24.